The van der Waals surface area contributed by atoms with Crippen LogP contribution < -0.4 is 10.1 Å². The van der Waals surface area contributed by atoms with Crippen LogP contribution in [0.3, 0.4) is 0 Å². The Morgan fingerprint density at radius 3 is 2.55 bits per heavy atom. The van der Waals surface area contributed by atoms with Crippen molar-refractivity contribution in [2.24, 2.45) is 4.99 Å². The molecule has 5 rings (SSSR count). The number of nitrogens with one attached hydrogen (secondary N) is 1. The molecule has 0 aliphatic carbocycles. The maximum atomic E-state index is 13.2. The molecular weight excluding hydrogens is 499 g/mol. The zero-order chi connectivity index (χ0) is 26.6. The van der Waals surface area contributed by atoms with Gasteiger partial charge in [0.2, 0.25) is 0 Å². The van der Waals surface area contributed by atoms with Gasteiger partial charge >= 0.3 is 0 Å². The van der Waals surface area contributed by atoms with Crippen molar-refractivity contribution in [2.45, 2.75) is 20.5 Å². The standard InChI is InChI=1S/C30H23FN4O2S/c1-19-15-23(16-28-29(36)34-30(38-28)33-25-9-7-24(31)8-10-25)20(2)35(19)26-11-13-27(14-12-26)37-18-22-6-4-3-5-21(22)17-32/h3-16H,18H2,1-2H3,(H,33,34,36)/b28-16+. The predicted molar refractivity (Wildman–Crippen MR) is 148 cm³/mol. The Hall–Kier alpha value is -4.61. The van der Waals surface area contributed by atoms with E-state index in [0.29, 0.717) is 33.7 Å². The van der Waals surface area contributed by atoms with Crippen molar-refractivity contribution in [1.82, 2.24) is 9.88 Å². The van der Waals surface area contributed by atoms with E-state index in [0.717, 1.165) is 28.2 Å². The SMILES string of the molecule is Cc1cc(/C=C2/SC(=Nc3ccc(F)cc3)NC2=O)c(C)n1-c1ccc(OCc2ccccc2C#N)cc1. The van der Waals surface area contributed by atoms with E-state index in [1.807, 2.05) is 68.5 Å². The van der Waals surface area contributed by atoms with Gasteiger partial charge in [0.1, 0.15) is 18.2 Å². The molecule has 1 saturated heterocycles. The van der Waals surface area contributed by atoms with Crippen LogP contribution in [-0.2, 0) is 11.4 Å². The van der Waals surface area contributed by atoms with Crippen LogP contribution in [0.5, 0.6) is 5.75 Å². The molecular formula is C30H23FN4O2S. The Morgan fingerprint density at radius 2 is 1.82 bits per heavy atom. The summed E-state index contributed by atoms with van der Waals surface area (Å²) in [5, 5.41) is 12.5. The molecule has 188 valence electrons. The number of hydrogen-bond acceptors (Lipinski definition) is 5. The summed E-state index contributed by atoms with van der Waals surface area (Å²) in [5.41, 5.74) is 5.92. The van der Waals surface area contributed by atoms with E-state index < -0.39 is 0 Å². The molecule has 1 fully saturated rings. The molecule has 2 heterocycles. The van der Waals surface area contributed by atoms with Gasteiger partial charge in [-0.2, -0.15) is 5.26 Å². The van der Waals surface area contributed by atoms with Crippen LogP contribution in [0.2, 0.25) is 0 Å². The van der Waals surface area contributed by atoms with Gasteiger partial charge in [-0.05, 0) is 97.9 Å². The normalized spacial score (nSPS) is 15.1. The summed E-state index contributed by atoms with van der Waals surface area (Å²) >= 11 is 1.25. The van der Waals surface area contributed by atoms with E-state index in [-0.39, 0.29) is 11.7 Å². The molecule has 0 saturated carbocycles. The highest BCUT2D eigenvalue weighted by atomic mass is 32.2. The smallest absolute Gasteiger partial charge is 0.264 e. The number of nitriles is 1. The lowest BCUT2D eigenvalue weighted by Gasteiger charge is -2.12. The molecule has 3 aromatic carbocycles. The third-order valence-electron chi connectivity index (χ3n) is 6.09. The summed E-state index contributed by atoms with van der Waals surface area (Å²) < 4.78 is 21.2. The highest BCUT2D eigenvalue weighted by Crippen LogP contribution is 2.31. The fourth-order valence-electron chi connectivity index (χ4n) is 4.19. The third-order valence-corrected chi connectivity index (χ3v) is 7.00. The molecule has 1 aromatic heterocycles. The Bertz CT molecular complexity index is 1610. The van der Waals surface area contributed by atoms with Crippen molar-refractivity contribution < 1.29 is 13.9 Å². The molecule has 0 atom stereocenters. The summed E-state index contributed by atoms with van der Waals surface area (Å²) in [6.07, 6.45) is 1.86. The van der Waals surface area contributed by atoms with Gasteiger partial charge in [-0.3, -0.25) is 4.79 Å². The monoisotopic (exact) mass is 522 g/mol. The van der Waals surface area contributed by atoms with E-state index >= 15 is 0 Å². The van der Waals surface area contributed by atoms with E-state index in [1.165, 1.54) is 23.9 Å². The zero-order valence-electron chi connectivity index (χ0n) is 20.7. The Labute approximate surface area is 224 Å². The predicted octanol–water partition coefficient (Wildman–Crippen LogP) is 6.58. The number of hydrogen-bond donors (Lipinski definition) is 1. The Kier molecular flexibility index (Phi) is 7.11. The molecule has 38 heavy (non-hydrogen) atoms. The lowest BCUT2D eigenvalue weighted by atomic mass is 10.1. The largest absolute Gasteiger partial charge is 0.489 e. The minimum atomic E-state index is -0.337. The summed E-state index contributed by atoms with van der Waals surface area (Å²) in [7, 11) is 0. The first-order chi connectivity index (χ1) is 18.4. The van der Waals surface area contributed by atoms with Gasteiger partial charge in [0, 0.05) is 22.6 Å². The van der Waals surface area contributed by atoms with Crippen LogP contribution >= 0.6 is 11.8 Å². The number of benzene rings is 3. The first kappa shape index (κ1) is 25.1. The maximum Gasteiger partial charge on any atom is 0.264 e. The van der Waals surface area contributed by atoms with E-state index in [2.05, 4.69) is 20.9 Å². The Morgan fingerprint density at radius 1 is 1.08 bits per heavy atom. The van der Waals surface area contributed by atoms with Crippen LogP contribution in [0.4, 0.5) is 10.1 Å². The van der Waals surface area contributed by atoms with Crippen molar-refractivity contribution in [1.29, 1.82) is 5.26 Å². The molecule has 1 amide bonds. The highest BCUT2D eigenvalue weighted by Gasteiger charge is 2.24. The van der Waals surface area contributed by atoms with Crippen molar-refractivity contribution in [3.63, 3.8) is 0 Å². The summed E-state index contributed by atoms with van der Waals surface area (Å²) in [4.78, 5) is 17.5. The molecule has 8 heteroatoms. The maximum absolute atomic E-state index is 13.2. The molecule has 0 bridgehead atoms. The van der Waals surface area contributed by atoms with Gasteiger partial charge in [0.15, 0.2) is 5.17 Å². The number of amidine groups is 1. The van der Waals surface area contributed by atoms with Gasteiger partial charge in [-0.25, -0.2) is 9.38 Å². The van der Waals surface area contributed by atoms with Gasteiger partial charge < -0.3 is 14.6 Å². The number of ether oxygens (including phenoxy) is 1. The summed E-state index contributed by atoms with van der Waals surface area (Å²) in [6.45, 7) is 4.34. The molecule has 1 aliphatic heterocycles. The average Bonchev–Trinajstić information content (AvgIpc) is 3.41. The minimum Gasteiger partial charge on any atom is -0.489 e. The second-order valence-corrected chi connectivity index (χ2v) is 9.70. The number of aliphatic imine (C=N–C) groups is 1. The number of rotatable bonds is 6. The number of carbonyl (C=O) groups excluding carboxylic acids is 1. The quantitative estimate of drug-likeness (QED) is 0.290. The Balaban J connectivity index is 1.32. The van der Waals surface area contributed by atoms with E-state index in [9.17, 15) is 14.4 Å². The van der Waals surface area contributed by atoms with Gasteiger partial charge in [0.05, 0.1) is 22.2 Å². The second-order valence-electron chi connectivity index (χ2n) is 8.67. The number of carbonyl (C=O) groups is 1. The van der Waals surface area contributed by atoms with Crippen molar-refractivity contribution in [3.05, 3.63) is 118 Å². The lowest BCUT2D eigenvalue weighted by molar-refractivity contribution is -0.115. The van der Waals surface area contributed by atoms with Gasteiger partial charge in [-0.1, -0.05) is 18.2 Å². The molecule has 1 aliphatic rings. The lowest BCUT2D eigenvalue weighted by Crippen LogP contribution is -2.19. The molecule has 0 radical (unpaired) electrons. The van der Waals surface area contributed by atoms with Crippen molar-refractivity contribution in [3.8, 4) is 17.5 Å². The van der Waals surface area contributed by atoms with Gasteiger partial charge in [-0.15, -0.1) is 0 Å². The number of thioether (sulfide) groups is 1. The number of nitrogens with zero attached hydrogens (tertiary/aromatic N) is 3. The molecule has 6 nitrogen and oxygen atoms in total. The zero-order valence-corrected chi connectivity index (χ0v) is 21.6. The fourth-order valence-corrected chi connectivity index (χ4v) is 5.03. The third kappa shape index (κ3) is 5.38. The van der Waals surface area contributed by atoms with Crippen LogP contribution in [-0.4, -0.2) is 15.6 Å². The number of halogens is 1. The first-order valence-electron chi connectivity index (χ1n) is 11.9. The average molecular weight is 523 g/mol. The fraction of sp³-hybridized carbons (Fsp3) is 0.100. The second kappa shape index (κ2) is 10.8. The number of aromatic nitrogens is 1. The van der Waals surface area contributed by atoms with Crippen LogP contribution in [0.1, 0.15) is 28.1 Å². The van der Waals surface area contributed by atoms with E-state index in [1.54, 1.807) is 18.2 Å². The first-order valence-corrected chi connectivity index (χ1v) is 12.7. The van der Waals surface area contributed by atoms with E-state index in [4.69, 9.17) is 4.74 Å². The van der Waals surface area contributed by atoms with Crippen LogP contribution in [0, 0.1) is 31.0 Å². The molecule has 0 spiro atoms. The number of aryl methyl sites for hydroxylation is 1. The van der Waals surface area contributed by atoms with Crippen molar-refractivity contribution >= 4 is 34.6 Å². The van der Waals surface area contributed by atoms with Crippen LogP contribution in [0.25, 0.3) is 11.8 Å². The topological polar surface area (TPSA) is 79.4 Å². The van der Waals surface area contributed by atoms with Crippen LogP contribution in [0.15, 0.2) is 88.8 Å². The van der Waals surface area contributed by atoms with Gasteiger partial charge in [0.25, 0.3) is 5.91 Å². The minimum absolute atomic E-state index is 0.222. The molecule has 0 unspecified atom stereocenters. The molecule has 1 N–H and O–H groups in total. The number of amides is 1. The summed E-state index contributed by atoms with van der Waals surface area (Å²) in [5.74, 6) is 0.148. The highest BCUT2D eigenvalue weighted by molar-refractivity contribution is 8.18. The summed E-state index contributed by atoms with van der Waals surface area (Å²) in [6, 6.07) is 25.2. The molecule has 4 aromatic rings. The van der Waals surface area contributed by atoms with Crippen molar-refractivity contribution in [2.75, 3.05) is 0 Å².